The molecule has 0 bridgehead atoms. The fourth-order valence-electron chi connectivity index (χ4n) is 2.35. The molecule has 6 heteroatoms. The molecule has 112 valence electrons. The highest BCUT2D eigenvalue weighted by molar-refractivity contribution is 6.06. The maximum absolute atomic E-state index is 12.1. The molecule has 0 saturated heterocycles. The molecule has 0 atom stereocenters. The van der Waals surface area contributed by atoms with E-state index in [0.29, 0.717) is 33.6 Å². The quantitative estimate of drug-likeness (QED) is 0.547. The molecule has 1 aromatic heterocycles. The van der Waals surface area contributed by atoms with Gasteiger partial charge in [-0.1, -0.05) is 6.07 Å². The molecule has 0 amide bonds. The van der Waals surface area contributed by atoms with Crippen molar-refractivity contribution in [3.63, 3.8) is 0 Å². The molecule has 1 heterocycles. The van der Waals surface area contributed by atoms with Crippen LogP contribution >= 0.6 is 0 Å². The minimum atomic E-state index is -0.522. The highest BCUT2D eigenvalue weighted by Gasteiger charge is 2.20. The van der Waals surface area contributed by atoms with Gasteiger partial charge in [0.2, 0.25) is 0 Å². The van der Waals surface area contributed by atoms with Crippen LogP contribution in [0.5, 0.6) is 11.5 Å². The summed E-state index contributed by atoms with van der Waals surface area (Å²) in [7, 11) is 4.37. The maximum atomic E-state index is 12.1. The Hall–Kier alpha value is -2.89. The van der Waals surface area contributed by atoms with E-state index < -0.39 is 5.97 Å². The van der Waals surface area contributed by atoms with Crippen molar-refractivity contribution in [1.29, 1.82) is 0 Å². The van der Waals surface area contributed by atoms with Gasteiger partial charge in [-0.25, -0.2) is 14.8 Å². The molecule has 0 fully saturated rings. The SMILES string of the molecule is COC(=O)c1c(OC)ccc2nc3cccc(OC)c3nc12. The molecule has 0 N–H and O–H groups in total. The zero-order valence-electron chi connectivity index (χ0n) is 12.4. The first kappa shape index (κ1) is 14.1. The van der Waals surface area contributed by atoms with Crippen molar-refractivity contribution >= 4 is 28.0 Å². The van der Waals surface area contributed by atoms with Crippen LogP contribution in [0.1, 0.15) is 10.4 Å². The van der Waals surface area contributed by atoms with Crippen LogP contribution in [0.25, 0.3) is 22.1 Å². The molecule has 6 nitrogen and oxygen atoms in total. The zero-order chi connectivity index (χ0) is 15.7. The van der Waals surface area contributed by atoms with E-state index in [0.717, 1.165) is 0 Å². The Balaban J connectivity index is 2.44. The van der Waals surface area contributed by atoms with Gasteiger partial charge in [-0.2, -0.15) is 0 Å². The maximum Gasteiger partial charge on any atom is 0.343 e. The van der Waals surface area contributed by atoms with Gasteiger partial charge in [0, 0.05) is 0 Å². The summed E-state index contributed by atoms with van der Waals surface area (Å²) in [5.41, 5.74) is 2.52. The summed E-state index contributed by atoms with van der Waals surface area (Å²) in [6.45, 7) is 0. The molecule has 22 heavy (non-hydrogen) atoms. The second-order valence-corrected chi connectivity index (χ2v) is 4.55. The largest absolute Gasteiger partial charge is 0.496 e. The van der Waals surface area contributed by atoms with E-state index in [4.69, 9.17) is 14.2 Å². The van der Waals surface area contributed by atoms with Crippen molar-refractivity contribution in [2.75, 3.05) is 21.3 Å². The first-order valence-electron chi connectivity index (χ1n) is 6.59. The first-order valence-corrected chi connectivity index (χ1v) is 6.59. The highest BCUT2D eigenvalue weighted by Crippen LogP contribution is 2.30. The van der Waals surface area contributed by atoms with Gasteiger partial charge in [0.1, 0.15) is 28.1 Å². The summed E-state index contributed by atoms with van der Waals surface area (Å²) < 4.78 is 15.4. The van der Waals surface area contributed by atoms with E-state index in [1.165, 1.54) is 14.2 Å². The number of rotatable bonds is 3. The number of aromatic nitrogens is 2. The lowest BCUT2D eigenvalue weighted by atomic mass is 10.1. The van der Waals surface area contributed by atoms with Crippen LogP contribution in [0.4, 0.5) is 0 Å². The predicted molar refractivity (Wildman–Crippen MR) is 81.5 cm³/mol. The monoisotopic (exact) mass is 298 g/mol. The predicted octanol–water partition coefficient (Wildman–Crippen LogP) is 2.59. The molecule has 3 aromatic rings. The molecular formula is C16H14N2O4. The lowest BCUT2D eigenvalue weighted by molar-refractivity contribution is 0.0599. The Bertz CT molecular complexity index is 877. The molecule has 3 rings (SSSR count). The van der Waals surface area contributed by atoms with E-state index >= 15 is 0 Å². The van der Waals surface area contributed by atoms with Crippen LogP contribution in [0.15, 0.2) is 30.3 Å². The summed E-state index contributed by atoms with van der Waals surface area (Å²) >= 11 is 0. The third-order valence-corrected chi connectivity index (χ3v) is 3.39. The van der Waals surface area contributed by atoms with Crippen LogP contribution in [0.3, 0.4) is 0 Å². The lowest BCUT2D eigenvalue weighted by Crippen LogP contribution is -2.07. The number of carbonyl (C=O) groups excluding carboxylic acids is 1. The average Bonchev–Trinajstić information content (AvgIpc) is 2.57. The van der Waals surface area contributed by atoms with Crippen molar-refractivity contribution in [2.24, 2.45) is 0 Å². The van der Waals surface area contributed by atoms with Gasteiger partial charge >= 0.3 is 5.97 Å². The van der Waals surface area contributed by atoms with Crippen molar-refractivity contribution < 1.29 is 19.0 Å². The minimum Gasteiger partial charge on any atom is -0.496 e. The number of para-hydroxylation sites is 1. The number of hydrogen-bond donors (Lipinski definition) is 0. The van der Waals surface area contributed by atoms with E-state index in [1.54, 1.807) is 25.3 Å². The topological polar surface area (TPSA) is 70.5 Å². The van der Waals surface area contributed by atoms with E-state index in [9.17, 15) is 4.79 Å². The standard InChI is InChI=1S/C16H14N2O4/c1-20-11-8-7-10-15(13(11)16(19)22-3)18-14-9(17-10)5-4-6-12(14)21-2/h4-8H,1-3H3. The summed E-state index contributed by atoms with van der Waals surface area (Å²) in [5.74, 6) is 0.458. The van der Waals surface area contributed by atoms with Gasteiger partial charge in [-0.15, -0.1) is 0 Å². The second-order valence-electron chi connectivity index (χ2n) is 4.55. The zero-order valence-corrected chi connectivity index (χ0v) is 12.4. The number of benzene rings is 2. The smallest absolute Gasteiger partial charge is 0.343 e. The van der Waals surface area contributed by atoms with Crippen molar-refractivity contribution in [1.82, 2.24) is 9.97 Å². The number of nitrogens with zero attached hydrogens (tertiary/aromatic N) is 2. The van der Waals surface area contributed by atoms with E-state index in [-0.39, 0.29) is 5.56 Å². The van der Waals surface area contributed by atoms with Gasteiger partial charge in [0.05, 0.1) is 32.4 Å². The Morgan fingerprint density at radius 3 is 2.27 bits per heavy atom. The number of fused-ring (bicyclic) bond motifs is 2. The lowest BCUT2D eigenvalue weighted by Gasteiger charge is -2.11. The molecule has 0 spiro atoms. The van der Waals surface area contributed by atoms with Gasteiger partial charge < -0.3 is 14.2 Å². The van der Waals surface area contributed by atoms with Gasteiger partial charge in [0.25, 0.3) is 0 Å². The third-order valence-electron chi connectivity index (χ3n) is 3.39. The third kappa shape index (κ3) is 2.09. The van der Waals surface area contributed by atoms with Crippen molar-refractivity contribution in [3.8, 4) is 11.5 Å². The Kier molecular flexibility index (Phi) is 3.50. The molecular weight excluding hydrogens is 284 g/mol. The van der Waals surface area contributed by atoms with Crippen LogP contribution in [0.2, 0.25) is 0 Å². The van der Waals surface area contributed by atoms with Crippen LogP contribution in [0, 0.1) is 0 Å². The number of ether oxygens (including phenoxy) is 3. The minimum absolute atomic E-state index is 0.253. The molecule has 2 aromatic carbocycles. The Labute approximate surface area is 126 Å². The average molecular weight is 298 g/mol. The number of hydrogen-bond acceptors (Lipinski definition) is 6. The highest BCUT2D eigenvalue weighted by atomic mass is 16.5. The fraction of sp³-hybridized carbons (Fsp3) is 0.188. The molecule has 0 aliphatic carbocycles. The van der Waals surface area contributed by atoms with Crippen molar-refractivity contribution in [3.05, 3.63) is 35.9 Å². The Morgan fingerprint density at radius 1 is 0.864 bits per heavy atom. The van der Waals surface area contributed by atoms with Crippen LogP contribution in [-0.2, 0) is 4.74 Å². The fourth-order valence-corrected chi connectivity index (χ4v) is 2.35. The normalized spacial score (nSPS) is 10.7. The second kappa shape index (κ2) is 5.48. The number of carbonyl (C=O) groups is 1. The summed E-state index contributed by atoms with van der Waals surface area (Å²) in [5, 5.41) is 0. The first-order chi connectivity index (χ1) is 10.7. The van der Waals surface area contributed by atoms with Gasteiger partial charge in [-0.3, -0.25) is 0 Å². The number of esters is 1. The molecule has 0 radical (unpaired) electrons. The van der Waals surface area contributed by atoms with Gasteiger partial charge in [-0.05, 0) is 24.3 Å². The number of methoxy groups -OCH3 is 3. The molecule has 0 unspecified atom stereocenters. The van der Waals surface area contributed by atoms with Crippen LogP contribution < -0.4 is 9.47 Å². The van der Waals surface area contributed by atoms with Crippen molar-refractivity contribution in [2.45, 2.75) is 0 Å². The molecule has 0 aliphatic heterocycles. The summed E-state index contributed by atoms with van der Waals surface area (Å²) in [6, 6.07) is 8.90. The summed E-state index contributed by atoms with van der Waals surface area (Å²) in [6.07, 6.45) is 0. The molecule has 0 saturated carbocycles. The Morgan fingerprint density at radius 2 is 1.59 bits per heavy atom. The van der Waals surface area contributed by atoms with E-state index in [2.05, 4.69) is 9.97 Å². The van der Waals surface area contributed by atoms with E-state index in [1.807, 2.05) is 12.1 Å². The molecule has 0 aliphatic rings. The van der Waals surface area contributed by atoms with Crippen LogP contribution in [-0.4, -0.2) is 37.3 Å². The summed E-state index contributed by atoms with van der Waals surface area (Å²) in [4.78, 5) is 21.2. The van der Waals surface area contributed by atoms with Gasteiger partial charge in [0.15, 0.2) is 0 Å².